The lowest BCUT2D eigenvalue weighted by Crippen LogP contribution is -2.41. The molecule has 0 aliphatic heterocycles. The average molecular weight is 235 g/mol. The van der Waals surface area contributed by atoms with E-state index in [4.69, 9.17) is 9.84 Å². The number of ether oxygens (including phenoxy) is 1. The van der Waals surface area contributed by atoms with Gasteiger partial charge >= 0.3 is 0 Å². The Morgan fingerprint density at radius 3 is 2.82 bits per heavy atom. The van der Waals surface area contributed by atoms with Crippen LogP contribution in [0, 0.1) is 0 Å². The largest absolute Gasteiger partial charge is 0.497 e. The van der Waals surface area contributed by atoms with Crippen molar-refractivity contribution in [3.8, 4) is 5.75 Å². The van der Waals surface area contributed by atoms with Crippen LogP contribution in [0.5, 0.6) is 5.75 Å². The first-order valence-electron chi connectivity index (χ1n) is 6.31. The second-order valence-electron chi connectivity index (χ2n) is 4.63. The summed E-state index contributed by atoms with van der Waals surface area (Å²) in [6, 6.07) is 8.83. The van der Waals surface area contributed by atoms with E-state index in [0.29, 0.717) is 6.04 Å². The minimum Gasteiger partial charge on any atom is -0.497 e. The summed E-state index contributed by atoms with van der Waals surface area (Å²) in [5.74, 6) is 0.903. The predicted octanol–water partition coefficient (Wildman–Crippen LogP) is 2.04. The van der Waals surface area contributed by atoms with E-state index in [1.165, 1.54) is 24.8 Å². The fourth-order valence-corrected chi connectivity index (χ4v) is 2.28. The van der Waals surface area contributed by atoms with Crippen LogP contribution in [0.2, 0.25) is 0 Å². The van der Waals surface area contributed by atoms with E-state index in [-0.39, 0.29) is 6.61 Å². The Morgan fingerprint density at radius 1 is 1.41 bits per heavy atom. The van der Waals surface area contributed by atoms with Crippen molar-refractivity contribution in [2.45, 2.75) is 31.8 Å². The zero-order chi connectivity index (χ0) is 12.1. The summed E-state index contributed by atoms with van der Waals surface area (Å²) in [7, 11) is 1.69. The molecule has 2 rings (SSSR count). The third-order valence-electron chi connectivity index (χ3n) is 3.50. The molecular weight excluding hydrogens is 214 g/mol. The van der Waals surface area contributed by atoms with Crippen LogP contribution in [0.4, 0.5) is 0 Å². The van der Waals surface area contributed by atoms with Crippen LogP contribution in [0.3, 0.4) is 0 Å². The van der Waals surface area contributed by atoms with Crippen molar-refractivity contribution in [2.24, 2.45) is 0 Å². The maximum atomic E-state index is 9.12. The minimum absolute atomic E-state index is 0.237. The molecule has 17 heavy (non-hydrogen) atoms. The Bertz CT molecular complexity index is 350. The Kier molecular flexibility index (Phi) is 4.40. The summed E-state index contributed by atoms with van der Waals surface area (Å²) in [6.07, 6.45) is 3.86. The van der Waals surface area contributed by atoms with Gasteiger partial charge in [-0.3, -0.25) is 4.90 Å². The quantitative estimate of drug-likeness (QED) is 0.819. The molecule has 1 N–H and O–H groups in total. The Hall–Kier alpha value is -1.06. The third-order valence-corrected chi connectivity index (χ3v) is 3.50. The first kappa shape index (κ1) is 12.4. The molecule has 3 heteroatoms. The number of hydrogen-bond acceptors (Lipinski definition) is 3. The van der Waals surface area contributed by atoms with Crippen LogP contribution in [0.15, 0.2) is 24.3 Å². The highest BCUT2D eigenvalue weighted by Crippen LogP contribution is 2.26. The number of aliphatic hydroxyl groups excluding tert-OH is 1. The van der Waals surface area contributed by atoms with E-state index in [1.807, 2.05) is 12.1 Å². The predicted molar refractivity (Wildman–Crippen MR) is 68.1 cm³/mol. The number of nitrogens with zero attached hydrogens (tertiary/aromatic N) is 1. The van der Waals surface area contributed by atoms with Gasteiger partial charge in [0.2, 0.25) is 0 Å². The number of benzene rings is 1. The molecule has 94 valence electrons. The summed E-state index contributed by atoms with van der Waals surface area (Å²) < 4.78 is 5.23. The fraction of sp³-hybridized carbons (Fsp3) is 0.571. The van der Waals surface area contributed by atoms with Crippen LogP contribution in [0.1, 0.15) is 24.8 Å². The van der Waals surface area contributed by atoms with Crippen molar-refractivity contribution < 1.29 is 9.84 Å². The Labute approximate surface area is 103 Å². The molecule has 0 radical (unpaired) electrons. The molecule has 0 bridgehead atoms. The summed E-state index contributed by atoms with van der Waals surface area (Å²) >= 11 is 0. The molecule has 0 atom stereocenters. The minimum atomic E-state index is 0.237. The zero-order valence-electron chi connectivity index (χ0n) is 10.4. The highest BCUT2D eigenvalue weighted by molar-refractivity contribution is 5.28. The summed E-state index contributed by atoms with van der Waals surface area (Å²) in [5, 5.41) is 9.12. The second kappa shape index (κ2) is 6.03. The molecule has 0 amide bonds. The van der Waals surface area contributed by atoms with E-state index in [9.17, 15) is 0 Å². The van der Waals surface area contributed by atoms with Gasteiger partial charge in [-0.05, 0) is 30.5 Å². The molecule has 0 spiro atoms. The topological polar surface area (TPSA) is 32.7 Å². The van der Waals surface area contributed by atoms with Crippen LogP contribution in [-0.4, -0.2) is 36.3 Å². The Balaban J connectivity index is 2.00. The molecular formula is C14H21NO2. The monoisotopic (exact) mass is 235 g/mol. The lowest BCUT2D eigenvalue weighted by Gasteiger charge is -2.37. The summed E-state index contributed by atoms with van der Waals surface area (Å²) in [5.41, 5.74) is 1.25. The standard InChI is InChI=1S/C14H21NO2/c1-17-14-7-2-4-12(10-14)11-15(8-9-16)13-5-3-6-13/h2,4,7,10,13,16H,3,5-6,8-9,11H2,1H3. The SMILES string of the molecule is COc1cccc(CN(CCO)C2CCC2)c1. The van der Waals surface area contributed by atoms with E-state index >= 15 is 0 Å². The highest BCUT2D eigenvalue weighted by atomic mass is 16.5. The van der Waals surface area contributed by atoms with Crippen molar-refractivity contribution in [3.05, 3.63) is 29.8 Å². The average Bonchev–Trinajstić information content (AvgIpc) is 2.27. The van der Waals surface area contributed by atoms with Crippen molar-refractivity contribution >= 4 is 0 Å². The molecule has 0 heterocycles. The molecule has 0 unspecified atom stereocenters. The zero-order valence-corrected chi connectivity index (χ0v) is 10.4. The molecule has 3 nitrogen and oxygen atoms in total. The van der Waals surface area contributed by atoms with E-state index < -0.39 is 0 Å². The summed E-state index contributed by atoms with van der Waals surface area (Å²) in [4.78, 5) is 2.37. The van der Waals surface area contributed by atoms with Gasteiger partial charge in [0.25, 0.3) is 0 Å². The van der Waals surface area contributed by atoms with Gasteiger partial charge in [-0.25, -0.2) is 0 Å². The van der Waals surface area contributed by atoms with Gasteiger partial charge in [0.05, 0.1) is 13.7 Å². The van der Waals surface area contributed by atoms with Gasteiger partial charge in [-0.1, -0.05) is 18.6 Å². The van der Waals surface area contributed by atoms with Gasteiger partial charge in [0, 0.05) is 19.1 Å². The van der Waals surface area contributed by atoms with E-state index in [2.05, 4.69) is 17.0 Å². The molecule has 1 aliphatic rings. The van der Waals surface area contributed by atoms with Crippen LogP contribution >= 0.6 is 0 Å². The van der Waals surface area contributed by atoms with Gasteiger partial charge in [0.1, 0.15) is 5.75 Å². The van der Waals surface area contributed by atoms with Crippen LogP contribution in [-0.2, 0) is 6.54 Å². The van der Waals surface area contributed by atoms with Crippen LogP contribution in [0.25, 0.3) is 0 Å². The van der Waals surface area contributed by atoms with Gasteiger partial charge in [-0.2, -0.15) is 0 Å². The molecule has 1 saturated carbocycles. The fourth-order valence-electron chi connectivity index (χ4n) is 2.28. The van der Waals surface area contributed by atoms with E-state index in [0.717, 1.165) is 18.8 Å². The smallest absolute Gasteiger partial charge is 0.119 e. The summed E-state index contributed by atoms with van der Waals surface area (Å²) in [6.45, 7) is 1.91. The first-order chi connectivity index (χ1) is 8.33. The molecule has 0 aromatic heterocycles. The van der Waals surface area contributed by atoms with Gasteiger partial charge in [-0.15, -0.1) is 0 Å². The third kappa shape index (κ3) is 3.20. The molecule has 0 saturated heterocycles. The Morgan fingerprint density at radius 2 is 2.24 bits per heavy atom. The highest BCUT2D eigenvalue weighted by Gasteiger charge is 2.24. The van der Waals surface area contributed by atoms with Gasteiger partial charge < -0.3 is 9.84 Å². The van der Waals surface area contributed by atoms with Crippen molar-refractivity contribution in [1.82, 2.24) is 4.90 Å². The number of rotatable bonds is 6. The molecule has 1 aromatic rings. The lowest BCUT2D eigenvalue weighted by atomic mass is 9.91. The number of hydrogen-bond donors (Lipinski definition) is 1. The maximum absolute atomic E-state index is 9.12. The number of aliphatic hydroxyl groups is 1. The number of methoxy groups -OCH3 is 1. The molecule has 1 aliphatic carbocycles. The molecule has 1 aromatic carbocycles. The van der Waals surface area contributed by atoms with Crippen molar-refractivity contribution in [3.63, 3.8) is 0 Å². The molecule has 1 fully saturated rings. The lowest BCUT2D eigenvalue weighted by molar-refractivity contribution is 0.0945. The maximum Gasteiger partial charge on any atom is 0.119 e. The first-order valence-corrected chi connectivity index (χ1v) is 6.31. The van der Waals surface area contributed by atoms with Crippen molar-refractivity contribution in [1.29, 1.82) is 0 Å². The van der Waals surface area contributed by atoms with Crippen molar-refractivity contribution in [2.75, 3.05) is 20.3 Å². The second-order valence-corrected chi connectivity index (χ2v) is 4.63. The van der Waals surface area contributed by atoms with Crippen LogP contribution < -0.4 is 4.74 Å². The normalized spacial score (nSPS) is 15.9. The van der Waals surface area contributed by atoms with E-state index in [1.54, 1.807) is 7.11 Å². The van der Waals surface area contributed by atoms with Gasteiger partial charge in [0.15, 0.2) is 0 Å².